The molecule has 1 rings (SSSR count). The number of nitro groups is 1. The molecule has 0 spiro atoms. The Morgan fingerprint density at radius 1 is 1.32 bits per heavy atom. The van der Waals surface area contributed by atoms with E-state index in [1.54, 1.807) is 0 Å². The zero-order chi connectivity index (χ0) is 16.6. The molecule has 0 radical (unpaired) electrons. The van der Waals surface area contributed by atoms with E-state index in [0.29, 0.717) is 5.56 Å². The van der Waals surface area contributed by atoms with Crippen LogP contribution in [0.1, 0.15) is 12.0 Å². The molecule has 0 amide bonds. The van der Waals surface area contributed by atoms with Crippen molar-refractivity contribution in [2.24, 2.45) is 0 Å². The number of rotatable bonds is 9. The van der Waals surface area contributed by atoms with Crippen molar-refractivity contribution < 1.29 is 18.1 Å². The van der Waals surface area contributed by atoms with Crippen molar-refractivity contribution >= 4 is 15.7 Å². The lowest BCUT2D eigenvalue weighted by Gasteiger charge is -2.20. The first kappa shape index (κ1) is 18.0. The monoisotopic (exact) mass is 327 g/mol. The van der Waals surface area contributed by atoms with Crippen LogP contribution in [0.4, 0.5) is 5.69 Å². The Kier molecular flexibility index (Phi) is 6.91. The number of nitro benzene ring substituents is 1. The first-order valence-corrected chi connectivity index (χ1v) is 8.08. The Hall–Kier alpha value is -2.02. The standard InChI is InChI=1S/C13H17N3O5S/c1-21-10-9-15(8-2-7-14)22(19,20)11-12-3-5-13(6-4-12)16(17)18/h3-6H,2,8-11H2,1H3. The second-order valence-corrected chi connectivity index (χ2v) is 6.45. The van der Waals surface area contributed by atoms with Gasteiger partial charge in [0.25, 0.3) is 5.69 Å². The summed E-state index contributed by atoms with van der Waals surface area (Å²) < 4.78 is 30.8. The van der Waals surface area contributed by atoms with E-state index < -0.39 is 14.9 Å². The van der Waals surface area contributed by atoms with Crippen molar-refractivity contribution in [2.45, 2.75) is 12.2 Å². The summed E-state index contributed by atoms with van der Waals surface area (Å²) in [6, 6.07) is 7.26. The molecule has 22 heavy (non-hydrogen) atoms. The summed E-state index contributed by atoms with van der Waals surface area (Å²) in [4.78, 5) is 10.0. The lowest BCUT2D eigenvalue weighted by Crippen LogP contribution is -2.35. The maximum atomic E-state index is 12.4. The smallest absolute Gasteiger partial charge is 0.269 e. The summed E-state index contributed by atoms with van der Waals surface area (Å²) in [6.45, 7) is 0.480. The van der Waals surface area contributed by atoms with Gasteiger partial charge in [-0.25, -0.2) is 8.42 Å². The molecular formula is C13H17N3O5S. The molecule has 0 heterocycles. The third kappa shape index (κ3) is 5.40. The number of sulfonamides is 1. The van der Waals surface area contributed by atoms with Crippen molar-refractivity contribution in [3.8, 4) is 6.07 Å². The highest BCUT2D eigenvalue weighted by Crippen LogP contribution is 2.16. The average Bonchev–Trinajstić information content (AvgIpc) is 2.47. The van der Waals surface area contributed by atoms with E-state index in [4.69, 9.17) is 10.00 Å². The zero-order valence-electron chi connectivity index (χ0n) is 12.1. The molecule has 9 heteroatoms. The molecule has 0 saturated carbocycles. The quantitative estimate of drug-likeness (QED) is 0.499. The van der Waals surface area contributed by atoms with E-state index in [1.807, 2.05) is 6.07 Å². The highest BCUT2D eigenvalue weighted by Gasteiger charge is 2.22. The average molecular weight is 327 g/mol. The molecule has 8 nitrogen and oxygen atoms in total. The lowest BCUT2D eigenvalue weighted by molar-refractivity contribution is -0.384. The summed E-state index contributed by atoms with van der Waals surface area (Å²) in [5, 5.41) is 19.2. The van der Waals surface area contributed by atoms with Gasteiger partial charge in [-0.15, -0.1) is 0 Å². The van der Waals surface area contributed by atoms with Crippen molar-refractivity contribution in [1.82, 2.24) is 4.31 Å². The fourth-order valence-electron chi connectivity index (χ4n) is 1.77. The Balaban J connectivity index is 2.85. The third-order valence-electron chi connectivity index (χ3n) is 2.91. The van der Waals surface area contributed by atoms with Gasteiger partial charge in [0, 0.05) is 38.8 Å². The van der Waals surface area contributed by atoms with Crippen LogP contribution in [0.2, 0.25) is 0 Å². The molecule has 1 aromatic carbocycles. The summed E-state index contributed by atoms with van der Waals surface area (Å²) in [7, 11) is -2.16. The van der Waals surface area contributed by atoms with Gasteiger partial charge in [-0.2, -0.15) is 9.57 Å². The van der Waals surface area contributed by atoms with Crippen LogP contribution in [0.5, 0.6) is 0 Å². The molecule has 120 valence electrons. The fraction of sp³-hybridized carbons (Fsp3) is 0.462. The van der Waals surface area contributed by atoms with Gasteiger partial charge >= 0.3 is 0 Å². The SMILES string of the molecule is COCCN(CCC#N)S(=O)(=O)Cc1ccc([N+](=O)[O-])cc1. The van der Waals surface area contributed by atoms with E-state index in [9.17, 15) is 18.5 Å². The van der Waals surface area contributed by atoms with Gasteiger partial charge in [0.15, 0.2) is 0 Å². The normalized spacial score (nSPS) is 11.3. The van der Waals surface area contributed by atoms with E-state index in [2.05, 4.69) is 0 Å². The molecule has 0 N–H and O–H groups in total. The largest absolute Gasteiger partial charge is 0.383 e. The zero-order valence-corrected chi connectivity index (χ0v) is 13.0. The fourth-order valence-corrected chi connectivity index (χ4v) is 3.29. The molecule has 0 aromatic heterocycles. The minimum Gasteiger partial charge on any atom is -0.383 e. The van der Waals surface area contributed by atoms with Crippen LogP contribution in [0, 0.1) is 21.4 Å². The first-order valence-electron chi connectivity index (χ1n) is 6.47. The van der Waals surface area contributed by atoms with Crippen LogP contribution < -0.4 is 0 Å². The molecular weight excluding hydrogens is 310 g/mol. The number of hydrogen-bond acceptors (Lipinski definition) is 6. The van der Waals surface area contributed by atoms with Crippen molar-refractivity contribution in [2.75, 3.05) is 26.8 Å². The molecule has 0 fully saturated rings. The van der Waals surface area contributed by atoms with Gasteiger partial charge in [-0.05, 0) is 5.56 Å². The Labute approximate surface area is 129 Å². The van der Waals surface area contributed by atoms with Crippen LogP contribution in [-0.2, 0) is 20.5 Å². The molecule has 0 atom stereocenters. The predicted molar refractivity (Wildman–Crippen MR) is 79.4 cm³/mol. The molecule has 0 bridgehead atoms. The summed E-state index contributed by atoms with van der Waals surface area (Å²) >= 11 is 0. The van der Waals surface area contributed by atoms with E-state index in [-0.39, 0.29) is 37.6 Å². The number of ether oxygens (including phenoxy) is 1. The van der Waals surface area contributed by atoms with E-state index in [0.717, 1.165) is 0 Å². The van der Waals surface area contributed by atoms with Crippen LogP contribution in [0.15, 0.2) is 24.3 Å². The number of benzene rings is 1. The minimum absolute atomic E-state index is 0.0865. The first-order chi connectivity index (χ1) is 10.4. The van der Waals surface area contributed by atoms with Crippen molar-refractivity contribution in [3.05, 3.63) is 39.9 Å². The topological polar surface area (TPSA) is 114 Å². The van der Waals surface area contributed by atoms with Crippen LogP contribution >= 0.6 is 0 Å². The Morgan fingerprint density at radius 3 is 2.45 bits per heavy atom. The molecule has 0 saturated heterocycles. The second kappa shape index (κ2) is 8.43. The van der Waals surface area contributed by atoms with Crippen molar-refractivity contribution in [3.63, 3.8) is 0 Å². The Bertz CT molecular complexity index is 637. The summed E-state index contributed by atoms with van der Waals surface area (Å²) in [5.74, 6) is -0.278. The summed E-state index contributed by atoms with van der Waals surface area (Å²) in [6.07, 6.45) is 0.0865. The van der Waals surface area contributed by atoms with Gasteiger partial charge in [0.2, 0.25) is 10.0 Å². The predicted octanol–water partition coefficient (Wildman–Crippen LogP) is 1.29. The molecule has 0 aliphatic rings. The van der Waals surface area contributed by atoms with Crippen molar-refractivity contribution in [1.29, 1.82) is 5.26 Å². The lowest BCUT2D eigenvalue weighted by atomic mass is 10.2. The highest BCUT2D eigenvalue weighted by atomic mass is 32.2. The number of hydrogen-bond donors (Lipinski definition) is 0. The van der Waals surface area contributed by atoms with Crippen LogP contribution in [0.3, 0.4) is 0 Å². The number of methoxy groups -OCH3 is 1. The maximum Gasteiger partial charge on any atom is 0.269 e. The molecule has 1 aromatic rings. The van der Waals surface area contributed by atoms with Gasteiger partial charge in [-0.3, -0.25) is 10.1 Å². The maximum absolute atomic E-state index is 12.4. The number of non-ortho nitro benzene ring substituents is 1. The second-order valence-electron chi connectivity index (χ2n) is 4.48. The van der Waals surface area contributed by atoms with Gasteiger partial charge in [-0.1, -0.05) is 12.1 Å². The number of nitrogens with zero attached hydrogens (tertiary/aromatic N) is 3. The highest BCUT2D eigenvalue weighted by molar-refractivity contribution is 7.88. The molecule has 0 aliphatic carbocycles. The Morgan fingerprint density at radius 2 is 1.95 bits per heavy atom. The van der Waals surface area contributed by atoms with Gasteiger partial charge < -0.3 is 4.74 Å². The van der Waals surface area contributed by atoms with Gasteiger partial charge in [0.05, 0.1) is 23.4 Å². The third-order valence-corrected chi connectivity index (χ3v) is 4.76. The minimum atomic E-state index is -3.62. The van der Waals surface area contributed by atoms with E-state index in [1.165, 1.54) is 35.7 Å². The van der Waals surface area contributed by atoms with Gasteiger partial charge in [0.1, 0.15) is 0 Å². The number of nitriles is 1. The molecule has 0 unspecified atom stereocenters. The molecule has 0 aliphatic heterocycles. The van der Waals surface area contributed by atoms with E-state index >= 15 is 0 Å². The van der Waals surface area contributed by atoms with Crippen LogP contribution in [0.25, 0.3) is 0 Å². The van der Waals surface area contributed by atoms with Crippen LogP contribution in [-0.4, -0.2) is 44.5 Å². The summed E-state index contributed by atoms with van der Waals surface area (Å²) in [5.41, 5.74) is 0.354.